The van der Waals surface area contributed by atoms with Crippen molar-refractivity contribution < 1.29 is 23.7 Å². The van der Waals surface area contributed by atoms with Gasteiger partial charge < -0.3 is 18.9 Å². The number of nitrogens with zero attached hydrogens (tertiary/aromatic N) is 1. The van der Waals surface area contributed by atoms with Gasteiger partial charge in [0.25, 0.3) is 5.91 Å². The van der Waals surface area contributed by atoms with Crippen LogP contribution in [0.5, 0.6) is 23.0 Å². The van der Waals surface area contributed by atoms with Gasteiger partial charge in [-0.3, -0.25) is 4.79 Å². The van der Waals surface area contributed by atoms with Crippen LogP contribution in [0.15, 0.2) is 41.5 Å². The van der Waals surface area contributed by atoms with Crippen molar-refractivity contribution in [2.75, 3.05) is 28.4 Å². The second-order valence-electron chi connectivity index (χ2n) is 4.85. The molecule has 7 heteroatoms. The number of amides is 1. The summed E-state index contributed by atoms with van der Waals surface area (Å²) in [6, 6.07) is 10.2. The Bertz CT molecular complexity index is 774. The van der Waals surface area contributed by atoms with Crippen LogP contribution in [0.1, 0.15) is 15.9 Å². The highest BCUT2D eigenvalue weighted by molar-refractivity contribution is 5.95. The number of carbonyl (C=O) groups is 1. The number of benzene rings is 2. The van der Waals surface area contributed by atoms with E-state index in [0.29, 0.717) is 34.1 Å². The van der Waals surface area contributed by atoms with Crippen LogP contribution in [0.4, 0.5) is 0 Å². The van der Waals surface area contributed by atoms with Gasteiger partial charge in [0.05, 0.1) is 34.7 Å². The van der Waals surface area contributed by atoms with E-state index >= 15 is 0 Å². The number of nitrogens with one attached hydrogen (secondary N) is 1. The van der Waals surface area contributed by atoms with Crippen molar-refractivity contribution in [3.8, 4) is 23.0 Å². The van der Waals surface area contributed by atoms with Crippen LogP contribution in [0.2, 0.25) is 0 Å². The van der Waals surface area contributed by atoms with Crippen molar-refractivity contribution in [3.63, 3.8) is 0 Å². The van der Waals surface area contributed by atoms with E-state index in [-0.39, 0.29) is 5.91 Å². The lowest BCUT2D eigenvalue weighted by Crippen LogP contribution is -2.17. The Morgan fingerprint density at radius 1 is 0.920 bits per heavy atom. The summed E-state index contributed by atoms with van der Waals surface area (Å²) in [5.74, 6) is 1.75. The summed E-state index contributed by atoms with van der Waals surface area (Å²) < 4.78 is 20.9. The first-order chi connectivity index (χ1) is 12.1. The molecule has 0 spiro atoms. The number of hydrogen-bond donors (Lipinski definition) is 1. The van der Waals surface area contributed by atoms with Gasteiger partial charge in [0.2, 0.25) is 0 Å². The van der Waals surface area contributed by atoms with Gasteiger partial charge in [-0.15, -0.1) is 0 Å². The summed E-state index contributed by atoms with van der Waals surface area (Å²) in [7, 11) is 6.13. The van der Waals surface area contributed by atoms with Crippen molar-refractivity contribution in [2.24, 2.45) is 5.10 Å². The molecule has 2 aromatic carbocycles. The molecular formula is C18H20N2O5. The van der Waals surface area contributed by atoms with Crippen molar-refractivity contribution >= 4 is 12.1 Å². The fourth-order valence-corrected chi connectivity index (χ4v) is 2.22. The van der Waals surface area contributed by atoms with Gasteiger partial charge in [-0.2, -0.15) is 5.10 Å². The quantitative estimate of drug-likeness (QED) is 0.617. The number of ether oxygens (including phenoxy) is 4. The van der Waals surface area contributed by atoms with Crippen LogP contribution in [-0.2, 0) is 0 Å². The standard InChI is InChI=1S/C18H20N2O5/c1-22-14-9-8-12(10-16(14)24-3)18(21)20-19-11-13-6-5-7-15(23-2)17(13)25-4/h5-11H,1-4H3,(H,20,21). The monoisotopic (exact) mass is 344 g/mol. The fourth-order valence-electron chi connectivity index (χ4n) is 2.22. The molecule has 2 rings (SSSR count). The molecule has 132 valence electrons. The highest BCUT2D eigenvalue weighted by Gasteiger charge is 2.11. The second kappa shape index (κ2) is 8.58. The SMILES string of the molecule is COc1ccc(C(=O)NN=Cc2cccc(OC)c2OC)cc1OC. The van der Waals surface area contributed by atoms with E-state index in [4.69, 9.17) is 18.9 Å². The zero-order valence-electron chi connectivity index (χ0n) is 14.5. The lowest BCUT2D eigenvalue weighted by molar-refractivity contribution is 0.0954. The van der Waals surface area contributed by atoms with Gasteiger partial charge in [0.15, 0.2) is 23.0 Å². The van der Waals surface area contributed by atoms with Crippen LogP contribution in [0.25, 0.3) is 0 Å². The molecular weight excluding hydrogens is 324 g/mol. The number of hydrogen-bond acceptors (Lipinski definition) is 6. The van der Waals surface area contributed by atoms with Crippen molar-refractivity contribution in [1.29, 1.82) is 0 Å². The van der Waals surface area contributed by atoms with Crippen LogP contribution in [0, 0.1) is 0 Å². The Hall–Kier alpha value is -3.22. The van der Waals surface area contributed by atoms with Crippen LogP contribution in [0.3, 0.4) is 0 Å². The molecule has 0 unspecified atom stereocenters. The zero-order valence-corrected chi connectivity index (χ0v) is 14.5. The molecule has 2 aromatic rings. The lowest BCUT2D eigenvalue weighted by Gasteiger charge is -2.10. The first-order valence-corrected chi connectivity index (χ1v) is 7.41. The lowest BCUT2D eigenvalue weighted by atomic mass is 10.2. The summed E-state index contributed by atoms with van der Waals surface area (Å²) in [5.41, 5.74) is 3.53. The summed E-state index contributed by atoms with van der Waals surface area (Å²) in [4.78, 5) is 12.2. The minimum atomic E-state index is -0.376. The molecule has 0 radical (unpaired) electrons. The Morgan fingerprint density at radius 2 is 1.64 bits per heavy atom. The largest absolute Gasteiger partial charge is 0.493 e. The molecule has 25 heavy (non-hydrogen) atoms. The third-order valence-electron chi connectivity index (χ3n) is 3.45. The van der Waals surface area contributed by atoms with Crippen LogP contribution < -0.4 is 24.4 Å². The zero-order chi connectivity index (χ0) is 18.2. The normalized spacial score (nSPS) is 10.4. The topological polar surface area (TPSA) is 78.4 Å². The van der Waals surface area contributed by atoms with E-state index in [2.05, 4.69) is 10.5 Å². The maximum absolute atomic E-state index is 12.2. The summed E-state index contributed by atoms with van der Waals surface area (Å²) in [5, 5.41) is 3.97. The van der Waals surface area contributed by atoms with E-state index in [9.17, 15) is 4.79 Å². The van der Waals surface area contributed by atoms with Crippen LogP contribution >= 0.6 is 0 Å². The fraction of sp³-hybridized carbons (Fsp3) is 0.222. The Balaban J connectivity index is 2.13. The minimum Gasteiger partial charge on any atom is -0.493 e. The highest BCUT2D eigenvalue weighted by atomic mass is 16.5. The maximum Gasteiger partial charge on any atom is 0.271 e. The third-order valence-corrected chi connectivity index (χ3v) is 3.45. The number of hydrazone groups is 1. The number of para-hydroxylation sites is 1. The Labute approximate surface area is 146 Å². The van der Waals surface area contributed by atoms with Gasteiger partial charge >= 0.3 is 0 Å². The van der Waals surface area contributed by atoms with E-state index in [1.807, 2.05) is 0 Å². The average molecular weight is 344 g/mol. The van der Waals surface area contributed by atoms with E-state index in [0.717, 1.165) is 0 Å². The Kier molecular flexibility index (Phi) is 6.22. The van der Waals surface area contributed by atoms with Gasteiger partial charge in [-0.25, -0.2) is 5.43 Å². The molecule has 0 aliphatic rings. The number of carbonyl (C=O) groups excluding carboxylic acids is 1. The smallest absolute Gasteiger partial charge is 0.271 e. The molecule has 0 bridgehead atoms. The van der Waals surface area contributed by atoms with E-state index < -0.39 is 0 Å². The molecule has 0 aliphatic heterocycles. The van der Waals surface area contributed by atoms with Gasteiger partial charge in [0, 0.05) is 11.1 Å². The van der Waals surface area contributed by atoms with E-state index in [1.54, 1.807) is 43.5 Å². The summed E-state index contributed by atoms with van der Waals surface area (Å²) in [6.07, 6.45) is 1.49. The molecule has 0 aliphatic carbocycles. The van der Waals surface area contributed by atoms with Gasteiger partial charge in [-0.1, -0.05) is 6.07 Å². The van der Waals surface area contributed by atoms with Crippen molar-refractivity contribution in [3.05, 3.63) is 47.5 Å². The highest BCUT2D eigenvalue weighted by Crippen LogP contribution is 2.29. The predicted octanol–water partition coefficient (Wildman–Crippen LogP) is 2.48. The number of rotatable bonds is 7. The molecule has 0 aromatic heterocycles. The molecule has 0 atom stereocenters. The third kappa shape index (κ3) is 4.20. The molecule has 0 saturated carbocycles. The Morgan fingerprint density at radius 3 is 2.28 bits per heavy atom. The summed E-state index contributed by atoms with van der Waals surface area (Å²) >= 11 is 0. The molecule has 7 nitrogen and oxygen atoms in total. The summed E-state index contributed by atoms with van der Waals surface area (Å²) in [6.45, 7) is 0. The number of methoxy groups -OCH3 is 4. The first-order valence-electron chi connectivity index (χ1n) is 7.41. The molecule has 0 heterocycles. The first kappa shape index (κ1) is 18.1. The molecule has 1 N–H and O–H groups in total. The van der Waals surface area contributed by atoms with Gasteiger partial charge in [0.1, 0.15) is 0 Å². The minimum absolute atomic E-state index is 0.376. The molecule has 0 fully saturated rings. The van der Waals surface area contributed by atoms with Crippen molar-refractivity contribution in [2.45, 2.75) is 0 Å². The average Bonchev–Trinajstić information content (AvgIpc) is 2.66. The molecule has 1 amide bonds. The molecule has 0 saturated heterocycles. The maximum atomic E-state index is 12.2. The van der Waals surface area contributed by atoms with Crippen molar-refractivity contribution in [1.82, 2.24) is 5.43 Å². The van der Waals surface area contributed by atoms with E-state index in [1.165, 1.54) is 27.5 Å². The second-order valence-corrected chi connectivity index (χ2v) is 4.85. The van der Waals surface area contributed by atoms with Gasteiger partial charge in [-0.05, 0) is 30.3 Å². The predicted molar refractivity (Wildman–Crippen MR) is 94.2 cm³/mol. The van der Waals surface area contributed by atoms with Crippen LogP contribution in [-0.4, -0.2) is 40.6 Å².